The topological polar surface area (TPSA) is 89.0 Å². The minimum atomic E-state index is -0.840. The largest absolute Gasteiger partial charge is 0.507 e. The van der Waals surface area contributed by atoms with Crippen LogP contribution in [0.1, 0.15) is 35.2 Å². The Bertz CT molecular complexity index is 1530. The second-order valence-corrected chi connectivity index (χ2v) is 10.2. The first-order valence-electron chi connectivity index (χ1n) is 12.3. The number of hydrogen-bond acceptors (Lipinski definition) is 7. The number of ketones is 1. The van der Waals surface area contributed by atoms with Gasteiger partial charge in [-0.15, -0.1) is 11.3 Å². The standard InChI is InChI=1S/C30H24N2O5S/c1-18-15-22-16-21(9-12-24(22)37-18)27(33)25-26(32(29(35)28(25)34)30-31-13-14-38-30)20-7-10-23(11-8-20)36-17-19-5-3-2-4-6-19/h2-14,16,18,26,33H,15,17H2,1H3/b27-25+/t18-,26-/m1/s1. The number of nitrogens with zero attached hydrogens (tertiary/aromatic N) is 2. The molecule has 1 amide bonds. The molecule has 2 aliphatic heterocycles. The van der Waals surface area contributed by atoms with Crippen LogP contribution in [0.4, 0.5) is 5.13 Å². The van der Waals surface area contributed by atoms with Gasteiger partial charge in [0, 0.05) is 23.6 Å². The molecule has 0 unspecified atom stereocenters. The first-order valence-corrected chi connectivity index (χ1v) is 13.1. The third kappa shape index (κ3) is 4.33. The lowest BCUT2D eigenvalue weighted by molar-refractivity contribution is -0.132. The highest BCUT2D eigenvalue weighted by Gasteiger charge is 2.48. The number of thiazole rings is 1. The summed E-state index contributed by atoms with van der Waals surface area (Å²) < 4.78 is 11.7. The van der Waals surface area contributed by atoms with Crippen molar-refractivity contribution in [1.82, 2.24) is 4.98 Å². The monoisotopic (exact) mass is 524 g/mol. The average Bonchev–Trinajstić information content (AvgIpc) is 3.65. The molecule has 7 nitrogen and oxygen atoms in total. The molecule has 4 aromatic rings. The highest BCUT2D eigenvalue weighted by molar-refractivity contribution is 7.14. The highest BCUT2D eigenvalue weighted by atomic mass is 32.1. The van der Waals surface area contributed by atoms with Gasteiger partial charge in [0.1, 0.15) is 30.0 Å². The van der Waals surface area contributed by atoms with E-state index in [9.17, 15) is 14.7 Å². The molecular formula is C30H24N2O5S. The Morgan fingerprint density at radius 1 is 1.11 bits per heavy atom. The molecule has 3 aromatic carbocycles. The number of hydrogen-bond donors (Lipinski definition) is 1. The summed E-state index contributed by atoms with van der Waals surface area (Å²) in [6, 6.07) is 21.5. The molecular weight excluding hydrogens is 500 g/mol. The Balaban J connectivity index is 1.38. The molecule has 0 bridgehead atoms. The lowest BCUT2D eigenvalue weighted by atomic mass is 9.94. The Morgan fingerprint density at radius 3 is 2.63 bits per heavy atom. The van der Waals surface area contributed by atoms with Gasteiger partial charge in [0.2, 0.25) is 0 Å². The Kier molecular flexibility index (Phi) is 6.17. The van der Waals surface area contributed by atoms with Crippen LogP contribution in [0.5, 0.6) is 11.5 Å². The van der Waals surface area contributed by atoms with Crippen molar-refractivity contribution in [3.05, 3.63) is 112 Å². The zero-order valence-corrected chi connectivity index (χ0v) is 21.4. The zero-order valence-electron chi connectivity index (χ0n) is 20.5. The smallest absolute Gasteiger partial charge is 0.301 e. The van der Waals surface area contributed by atoms with E-state index in [4.69, 9.17) is 9.47 Å². The van der Waals surface area contributed by atoms with Gasteiger partial charge in [0.05, 0.1) is 11.6 Å². The Morgan fingerprint density at radius 2 is 1.89 bits per heavy atom. The molecule has 0 spiro atoms. The summed E-state index contributed by atoms with van der Waals surface area (Å²) in [5.41, 5.74) is 3.14. The van der Waals surface area contributed by atoms with Gasteiger partial charge < -0.3 is 14.6 Å². The van der Waals surface area contributed by atoms with Crippen molar-refractivity contribution < 1.29 is 24.2 Å². The number of ether oxygens (including phenoxy) is 2. The summed E-state index contributed by atoms with van der Waals surface area (Å²) in [6.07, 6.45) is 2.33. The van der Waals surface area contributed by atoms with E-state index in [0.717, 1.165) is 16.9 Å². The van der Waals surface area contributed by atoms with E-state index in [2.05, 4.69) is 4.98 Å². The van der Waals surface area contributed by atoms with Crippen LogP contribution in [0.25, 0.3) is 5.76 Å². The van der Waals surface area contributed by atoms with Crippen molar-refractivity contribution in [1.29, 1.82) is 0 Å². The lowest BCUT2D eigenvalue weighted by Gasteiger charge is -2.23. The van der Waals surface area contributed by atoms with E-state index in [0.29, 0.717) is 35.0 Å². The van der Waals surface area contributed by atoms with Crippen LogP contribution in [-0.2, 0) is 22.6 Å². The van der Waals surface area contributed by atoms with Gasteiger partial charge in [-0.05, 0) is 53.9 Å². The zero-order chi connectivity index (χ0) is 26.2. The molecule has 38 heavy (non-hydrogen) atoms. The lowest BCUT2D eigenvalue weighted by Crippen LogP contribution is -2.29. The summed E-state index contributed by atoms with van der Waals surface area (Å²) in [5.74, 6) is -0.290. The first-order chi connectivity index (χ1) is 18.5. The number of anilines is 1. The van der Waals surface area contributed by atoms with Crippen LogP contribution < -0.4 is 14.4 Å². The Hall–Kier alpha value is -4.43. The number of carbonyl (C=O) groups is 2. The molecule has 0 saturated carbocycles. The van der Waals surface area contributed by atoms with Gasteiger partial charge in [-0.2, -0.15) is 0 Å². The summed E-state index contributed by atoms with van der Waals surface area (Å²) >= 11 is 1.26. The van der Waals surface area contributed by atoms with Gasteiger partial charge in [-0.1, -0.05) is 42.5 Å². The summed E-state index contributed by atoms with van der Waals surface area (Å²) in [5, 5.41) is 13.5. The number of carbonyl (C=O) groups excluding carboxylic acids is 2. The fourth-order valence-electron chi connectivity index (χ4n) is 4.89. The maximum atomic E-state index is 13.3. The van der Waals surface area contributed by atoms with Crippen molar-refractivity contribution in [2.75, 3.05) is 4.90 Å². The molecule has 2 aliphatic rings. The van der Waals surface area contributed by atoms with Crippen LogP contribution in [0, 0.1) is 0 Å². The molecule has 0 aliphatic carbocycles. The molecule has 1 fully saturated rings. The molecule has 1 N–H and O–H groups in total. The van der Waals surface area contributed by atoms with Crippen molar-refractivity contribution in [2.45, 2.75) is 32.1 Å². The van der Waals surface area contributed by atoms with Crippen LogP contribution >= 0.6 is 11.3 Å². The average molecular weight is 525 g/mol. The predicted molar refractivity (Wildman–Crippen MR) is 144 cm³/mol. The molecule has 3 heterocycles. The van der Waals surface area contributed by atoms with Crippen LogP contribution in [-0.4, -0.2) is 27.9 Å². The quantitative estimate of drug-likeness (QED) is 0.199. The number of rotatable bonds is 6. The van der Waals surface area contributed by atoms with Crippen LogP contribution in [0.15, 0.2) is 89.9 Å². The van der Waals surface area contributed by atoms with Gasteiger partial charge in [0.25, 0.3) is 5.78 Å². The van der Waals surface area contributed by atoms with E-state index in [1.165, 1.54) is 16.2 Å². The number of aliphatic hydroxyl groups is 1. The van der Waals surface area contributed by atoms with E-state index < -0.39 is 17.7 Å². The normalized spacial score (nSPS) is 19.9. The van der Waals surface area contributed by atoms with Crippen molar-refractivity contribution in [2.24, 2.45) is 0 Å². The molecule has 6 rings (SSSR count). The van der Waals surface area contributed by atoms with Crippen molar-refractivity contribution >= 4 is 33.9 Å². The molecule has 190 valence electrons. The van der Waals surface area contributed by atoms with Crippen LogP contribution in [0.3, 0.4) is 0 Å². The molecule has 2 atom stereocenters. The molecule has 0 radical (unpaired) electrons. The second-order valence-electron chi connectivity index (χ2n) is 9.28. The van der Waals surface area contributed by atoms with Crippen molar-refractivity contribution in [3.63, 3.8) is 0 Å². The minimum absolute atomic E-state index is 0.0232. The predicted octanol–water partition coefficient (Wildman–Crippen LogP) is 5.67. The number of fused-ring (bicyclic) bond motifs is 1. The van der Waals surface area contributed by atoms with Gasteiger partial charge in [-0.3, -0.25) is 14.5 Å². The van der Waals surface area contributed by atoms with E-state index >= 15 is 0 Å². The number of aliphatic hydroxyl groups excluding tert-OH is 1. The van der Waals surface area contributed by atoms with Crippen LogP contribution in [0.2, 0.25) is 0 Å². The van der Waals surface area contributed by atoms with Crippen molar-refractivity contribution in [3.8, 4) is 11.5 Å². The third-order valence-corrected chi connectivity index (χ3v) is 7.45. The fourth-order valence-corrected chi connectivity index (χ4v) is 5.56. The number of benzene rings is 3. The molecule has 8 heteroatoms. The number of aromatic nitrogens is 1. The molecule has 1 aromatic heterocycles. The van der Waals surface area contributed by atoms with Gasteiger partial charge in [-0.25, -0.2) is 4.98 Å². The highest BCUT2D eigenvalue weighted by Crippen LogP contribution is 2.43. The fraction of sp³-hybridized carbons (Fsp3) is 0.167. The summed E-state index contributed by atoms with van der Waals surface area (Å²) in [7, 11) is 0. The van der Waals surface area contributed by atoms with E-state index in [1.807, 2.05) is 55.5 Å². The van der Waals surface area contributed by atoms with E-state index in [1.54, 1.807) is 35.8 Å². The minimum Gasteiger partial charge on any atom is -0.507 e. The SMILES string of the molecule is C[C@@H]1Cc2cc(/C(O)=C3\C(=O)C(=O)N(c4nccs4)[C@@H]3c3ccc(OCc4ccccc4)cc3)ccc2O1. The molecule has 1 saturated heterocycles. The first kappa shape index (κ1) is 23.9. The van der Waals surface area contributed by atoms with E-state index in [-0.39, 0.29) is 17.4 Å². The van der Waals surface area contributed by atoms with Gasteiger partial charge >= 0.3 is 5.91 Å². The second kappa shape index (κ2) is 9.79. The number of Topliss-reactive ketones (excluding diaryl/α,β-unsaturated/α-hetero) is 1. The maximum Gasteiger partial charge on any atom is 0.301 e. The maximum absolute atomic E-state index is 13.3. The summed E-state index contributed by atoms with van der Waals surface area (Å²) in [4.78, 5) is 32.2. The Labute approximate surface area is 223 Å². The summed E-state index contributed by atoms with van der Waals surface area (Å²) in [6.45, 7) is 2.39. The van der Waals surface area contributed by atoms with Gasteiger partial charge in [0.15, 0.2) is 5.13 Å². The number of amides is 1. The third-order valence-electron chi connectivity index (χ3n) is 6.68.